The molecule has 0 aliphatic carbocycles. The Morgan fingerprint density at radius 2 is 1.81 bits per heavy atom. The Bertz CT molecular complexity index is 1480. The van der Waals surface area contributed by atoms with Gasteiger partial charge in [0.15, 0.2) is 0 Å². The van der Waals surface area contributed by atoms with Crippen LogP contribution in [0.5, 0.6) is 5.75 Å². The van der Waals surface area contributed by atoms with Crippen LogP contribution in [0.15, 0.2) is 65.6 Å². The molecule has 5 rings (SSSR count). The number of amides is 2. The highest BCUT2D eigenvalue weighted by molar-refractivity contribution is 7.89. The van der Waals surface area contributed by atoms with E-state index in [1.807, 2.05) is 0 Å². The number of sulfonamides is 1. The molecule has 0 unspecified atom stereocenters. The zero-order valence-electron chi connectivity index (χ0n) is 19.0. The van der Waals surface area contributed by atoms with Crippen LogP contribution >= 0.6 is 11.6 Å². The first kappa shape index (κ1) is 24.2. The maximum absolute atomic E-state index is 13.5. The third-order valence-corrected chi connectivity index (χ3v) is 8.06. The maximum atomic E-state index is 13.5. The molecule has 3 aromatic rings. The Kier molecular flexibility index (Phi) is 6.19. The van der Waals surface area contributed by atoms with Gasteiger partial charge < -0.3 is 15.0 Å². The molecular formula is C25H21ClFN3O5S. The molecule has 1 saturated heterocycles. The first-order valence-electron chi connectivity index (χ1n) is 11.0. The summed E-state index contributed by atoms with van der Waals surface area (Å²) in [6.07, 6.45) is 0.0982. The smallest absolute Gasteiger partial charge is 0.256 e. The average Bonchev–Trinajstić information content (AvgIpc) is 3.23. The molecule has 186 valence electrons. The van der Waals surface area contributed by atoms with Gasteiger partial charge in [0.05, 0.1) is 23.3 Å². The van der Waals surface area contributed by atoms with Crippen LogP contribution in [0.3, 0.4) is 0 Å². The minimum absolute atomic E-state index is 0.00149. The largest absolute Gasteiger partial charge is 0.496 e. The molecule has 0 spiro atoms. The summed E-state index contributed by atoms with van der Waals surface area (Å²) in [6.45, 7) is 0.00149. The van der Waals surface area contributed by atoms with Gasteiger partial charge in [-0.2, -0.15) is 0 Å². The number of carbonyl (C=O) groups excluding carboxylic acids is 2. The van der Waals surface area contributed by atoms with Gasteiger partial charge in [0.1, 0.15) is 17.6 Å². The zero-order valence-corrected chi connectivity index (χ0v) is 20.6. The molecular weight excluding hydrogens is 509 g/mol. The Balaban J connectivity index is 1.44. The van der Waals surface area contributed by atoms with E-state index in [0.717, 1.165) is 24.3 Å². The molecule has 2 aliphatic heterocycles. The van der Waals surface area contributed by atoms with Crippen molar-refractivity contribution in [2.75, 3.05) is 19.0 Å². The van der Waals surface area contributed by atoms with Crippen molar-refractivity contribution in [3.05, 3.63) is 77.1 Å². The zero-order chi connectivity index (χ0) is 25.6. The van der Waals surface area contributed by atoms with Crippen molar-refractivity contribution < 1.29 is 27.1 Å². The summed E-state index contributed by atoms with van der Waals surface area (Å²) in [4.78, 5) is 27.8. The van der Waals surface area contributed by atoms with Gasteiger partial charge in [-0.1, -0.05) is 17.7 Å². The van der Waals surface area contributed by atoms with Gasteiger partial charge in [-0.25, -0.2) is 17.5 Å². The molecule has 2 atom stereocenters. The quantitative estimate of drug-likeness (QED) is 0.525. The van der Waals surface area contributed by atoms with E-state index < -0.39 is 39.7 Å². The number of hydrogen-bond acceptors (Lipinski definition) is 5. The van der Waals surface area contributed by atoms with E-state index in [-0.39, 0.29) is 23.4 Å². The molecule has 2 N–H and O–H groups in total. The number of fused-ring (bicyclic) bond motifs is 2. The second-order valence-corrected chi connectivity index (χ2v) is 10.7. The van der Waals surface area contributed by atoms with E-state index in [4.69, 9.17) is 16.3 Å². The fraction of sp³-hybridized carbons (Fsp3) is 0.200. The van der Waals surface area contributed by atoms with Crippen molar-refractivity contribution in [2.45, 2.75) is 23.4 Å². The molecule has 8 nitrogen and oxygen atoms in total. The van der Waals surface area contributed by atoms with E-state index in [1.165, 1.54) is 12.0 Å². The third-order valence-electron chi connectivity index (χ3n) is 6.29. The average molecular weight is 530 g/mol. The molecule has 0 radical (unpaired) electrons. The Hall–Kier alpha value is -3.47. The number of halogens is 2. The number of ether oxygens (including phenoxy) is 1. The summed E-state index contributed by atoms with van der Waals surface area (Å²) in [5.74, 6) is -0.795. The Morgan fingerprint density at radius 1 is 1.06 bits per heavy atom. The van der Waals surface area contributed by atoms with Gasteiger partial charge in [-0.05, 0) is 66.6 Å². The fourth-order valence-corrected chi connectivity index (χ4v) is 5.98. The first-order valence-corrected chi connectivity index (χ1v) is 12.9. The van der Waals surface area contributed by atoms with E-state index in [9.17, 15) is 22.4 Å². The summed E-state index contributed by atoms with van der Waals surface area (Å²) in [6, 6.07) is 13.1. The summed E-state index contributed by atoms with van der Waals surface area (Å²) in [7, 11) is -2.44. The molecule has 3 aromatic carbocycles. The number of benzene rings is 3. The van der Waals surface area contributed by atoms with Crippen molar-refractivity contribution in [1.29, 1.82) is 0 Å². The van der Waals surface area contributed by atoms with Crippen molar-refractivity contribution in [2.24, 2.45) is 0 Å². The van der Waals surface area contributed by atoms with E-state index in [0.29, 0.717) is 27.6 Å². The van der Waals surface area contributed by atoms with Gasteiger partial charge >= 0.3 is 0 Å². The number of nitrogens with one attached hydrogen (secondary N) is 2. The summed E-state index contributed by atoms with van der Waals surface area (Å²) >= 11 is 6.17. The van der Waals surface area contributed by atoms with Crippen molar-refractivity contribution >= 4 is 39.1 Å². The Morgan fingerprint density at radius 3 is 2.53 bits per heavy atom. The first-order chi connectivity index (χ1) is 17.2. The number of rotatable bonds is 5. The molecule has 2 amide bonds. The van der Waals surface area contributed by atoms with Gasteiger partial charge in [0, 0.05) is 23.2 Å². The lowest BCUT2D eigenvalue weighted by Gasteiger charge is -2.20. The molecule has 2 heterocycles. The van der Waals surface area contributed by atoms with Crippen LogP contribution in [0.4, 0.5) is 10.1 Å². The van der Waals surface area contributed by atoms with Gasteiger partial charge in [0.25, 0.3) is 5.91 Å². The second kappa shape index (κ2) is 9.20. The highest BCUT2D eigenvalue weighted by Gasteiger charge is 2.44. The van der Waals surface area contributed by atoms with Crippen LogP contribution < -0.4 is 14.8 Å². The summed E-state index contributed by atoms with van der Waals surface area (Å²) in [5.41, 5.74) is 1.99. The van der Waals surface area contributed by atoms with E-state index in [1.54, 1.807) is 36.4 Å². The number of hydrogen-bond donors (Lipinski definition) is 2. The van der Waals surface area contributed by atoms with E-state index >= 15 is 0 Å². The highest BCUT2D eigenvalue weighted by atomic mass is 35.5. The number of nitrogens with zero attached hydrogens (tertiary/aromatic N) is 1. The predicted octanol–water partition coefficient (Wildman–Crippen LogP) is 3.67. The number of anilines is 1. The molecule has 0 saturated carbocycles. The van der Waals surface area contributed by atoms with Crippen molar-refractivity contribution in [3.63, 3.8) is 0 Å². The molecule has 36 heavy (non-hydrogen) atoms. The van der Waals surface area contributed by atoms with Gasteiger partial charge in [-0.15, -0.1) is 0 Å². The highest BCUT2D eigenvalue weighted by Crippen LogP contribution is 2.36. The molecule has 2 aliphatic rings. The molecule has 0 bridgehead atoms. The normalized spacial score (nSPS) is 19.4. The number of carbonyl (C=O) groups is 2. The molecule has 1 fully saturated rings. The van der Waals surface area contributed by atoms with Crippen LogP contribution in [0.2, 0.25) is 5.02 Å². The van der Waals surface area contributed by atoms with Gasteiger partial charge in [0.2, 0.25) is 15.9 Å². The van der Waals surface area contributed by atoms with Crippen molar-refractivity contribution in [1.82, 2.24) is 9.62 Å². The van der Waals surface area contributed by atoms with Crippen LogP contribution in [-0.2, 0) is 14.8 Å². The number of methoxy groups -OCH3 is 1. The topological polar surface area (TPSA) is 105 Å². The van der Waals surface area contributed by atoms with Crippen LogP contribution in [0.25, 0.3) is 11.1 Å². The lowest BCUT2D eigenvalue weighted by Crippen LogP contribution is -2.41. The van der Waals surface area contributed by atoms with Crippen LogP contribution in [0.1, 0.15) is 16.8 Å². The van der Waals surface area contributed by atoms with Crippen molar-refractivity contribution in [3.8, 4) is 16.9 Å². The summed E-state index contributed by atoms with van der Waals surface area (Å²) in [5, 5.41) is 3.28. The van der Waals surface area contributed by atoms with Gasteiger partial charge in [-0.3, -0.25) is 9.59 Å². The Labute approximate surface area is 212 Å². The second-order valence-electron chi connectivity index (χ2n) is 8.58. The molecule has 11 heteroatoms. The third kappa shape index (κ3) is 4.43. The van der Waals surface area contributed by atoms with Crippen LogP contribution in [-0.4, -0.2) is 50.9 Å². The SMILES string of the molecule is COc1ccc(Cl)cc1-c1ccc2c(c1)C(=O)N1C[C@@H](NS(=O)(=O)c3ccc(F)cc3)C[C@H]1C(=O)N2. The standard InChI is InChI=1S/C25H21ClFN3O5S/c1-35-23-9-3-15(26)11-19(23)14-2-8-21-20(10-14)25(32)30-13-17(12-22(30)24(31)28-21)29-36(33,34)18-6-4-16(27)5-7-18/h2-11,17,22,29H,12-13H2,1H3,(H,28,31)/t17-,22-/m0/s1. The van der Waals surface area contributed by atoms with E-state index in [2.05, 4.69) is 10.0 Å². The monoisotopic (exact) mass is 529 g/mol. The lowest BCUT2D eigenvalue weighted by atomic mass is 10.0. The predicted molar refractivity (Wildman–Crippen MR) is 132 cm³/mol. The molecule has 0 aromatic heterocycles. The fourth-order valence-electron chi connectivity index (χ4n) is 4.57. The lowest BCUT2D eigenvalue weighted by molar-refractivity contribution is -0.119. The minimum atomic E-state index is -3.98. The van der Waals surface area contributed by atoms with Crippen LogP contribution in [0, 0.1) is 5.82 Å². The summed E-state index contributed by atoms with van der Waals surface area (Å²) < 4.78 is 46.7. The minimum Gasteiger partial charge on any atom is -0.496 e. The maximum Gasteiger partial charge on any atom is 0.256 e.